The maximum atomic E-state index is 11.4. The molecule has 1 aliphatic carbocycles. The molecule has 0 saturated carbocycles. The number of carbonyl (C=O) groups excluding carboxylic acids is 3. The number of rotatable bonds is 8. The van der Waals surface area contributed by atoms with E-state index in [0.29, 0.717) is 25.0 Å². The Bertz CT molecular complexity index is 639. The van der Waals surface area contributed by atoms with Crippen LogP contribution in [0.15, 0.2) is 18.2 Å². The summed E-state index contributed by atoms with van der Waals surface area (Å²) in [6.45, 7) is 3.92. The Hall–Kier alpha value is -2.37. The van der Waals surface area contributed by atoms with Crippen LogP contribution >= 0.6 is 0 Å². The summed E-state index contributed by atoms with van der Waals surface area (Å²) in [5.74, 6) is -0.313. The van der Waals surface area contributed by atoms with Crippen molar-refractivity contribution in [2.24, 2.45) is 0 Å². The Morgan fingerprint density at radius 2 is 1.88 bits per heavy atom. The number of aryl methyl sites for hydroxylation is 1. The molecule has 1 atom stereocenters. The third kappa shape index (κ3) is 4.81. The number of hydrogen-bond acceptors (Lipinski definition) is 6. The van der Waals surface area contributed by atoms with Crippen molar-refractivity contribution in [3.8, 4) is 0 Å². The van der Waals surface area contributed by atoms with E-state index in [0.717, 1.165) is 30.3 Å². The van der Waals surface area contributed by atoms with Gasteiger partial charge in [-0.2, -0.15) is 0 Å². The first kappa shape index (κ1) is 19.0. The van der Waals surface area contributed by atoms with E-state index in [1.54, 1.807) is 13.0 Å². The third-order valence-corrected chi connectivity index (χ3v) is 4.66. The van der Waals surface area contributed by atoms with Crippen molar-refractivity contribution in [1.29, 1.82) is 0 Å². The monoisotopic (exact) mass is 348 g/mol. The Balaban J connectivity index is 2.13. The average molecular weight is 348 g/mol. The highest BCUT2D eigenvalue weighted by Gasteiger charge is 2.38. The van der Waals surface area contributed by atoms with Gasteiger partial charge in [-0.05, 0) is 49.8 Å². The second-order valence-electron chi connectivity index (χ2n) is 6.19. The molecular formula is C19H24O6. The van der Waals surface area contributed by atoms with Crippen LogP contribution in [0.2, 0.25) is 0 Å². The molecule has 1 aliphatic rings. The van der Waals surface area contributed by atoms with Crippen LogP contribution in [0.5, 0.6) is 0 Å². The van der Waals surface area contributed by atoms with Crippen LogP contribution in [-0.2, 0) is 30.8 Å². The minimum Gasteiger partial charge on any atom is -0.466 e. The molecule has 0 spiro atoms. The van der Waals surface area contributed by atoms with Crippen LogP contribution in [0.25, 0.3) is 0 Å². The Morgan fingerprint density at radius 3 is 2.52 bits per heavy atom. The van der Waals surface area contributed by atoms with E-state index in [1.165, 1.54) is 6.92 Å². The van der Waals surface area contributed by atoms with Gasteiger partial charge in [0.25, 0.3) is 0 Å². The van der Waals surface area contributed by atoms with Gasteiger partial charge in [-0.25, -0.2) is 4.79 Å². The van der Waals surface area contributed by atoms with Crippen LogP contribution < -0.4 is 0 Å². The average Bonchev–Trinajstić information content (AvgIpc) is 2.93. The van der Waals surface area contributed by atoms with E-state index in [-0.39, 0.29) is 24.6 Å². The van der Waals surface area contributed by atoms with E-state index in [2.05, 4.69) is 0 Å². The van der Waals surface area contributed by atoms with Crippen molar-refractivity contribution in [3.05, 3.63) is 34.9 Å². The predicted molar refractivity (Wildman–Crippen MR) is 90.7 cm³/mol. The van der Waals surface area contributed by atoms with Gasteiger partial charge in [-0.3, -0.25) is 9.59 Å². The lowest BCUT2D eigenvalue weighted by atomic mass is 9.76. The fourth-order valence-corrected chi connectivity index (χ4v) is 3.44. The molecule has 0 radical (unpaired) electrons. The van der Waals surface area contributed by atoms with Crippen molar-refractivity contribution in [1.82, 2.24) is 0 Å². The van der Waals surface area contributed by atoms with Crippen molar-refractivity contribution >= 4 is 18.4 Å². The molecule has 0 saturated heterocycles. The normalized spacial score (nSPS) is 18.3. The van der Waals surface area contributed by atoms with E-state index >= 15 is 0 Å². The summed E-state index contributed by atoms with van der Waals surface area (Å²) in [7, 11) is 0. The Labute approximate surface area is 147 Å². The molecule has 0 bridgehead atoms. The second-order valence-corrected chi connectivity index (χ2v) is 6.19. The summed E-state index contributed by atoms with van der Waals surface area (Å²) in [5, 5.41) is 0. The van der Waals surface area contributed by atoms with Gasteiger partial charge < -0.3 is 14.2 Å². The van der Waals surface area contributed by atoms with Crippen molar-refractivity contribution in [2.75, 3.05) is 19.8 Å². The largest absolute Gasteiger partial charge is 0.508 e. The molecule has 25 heavy (non-hydrogen) atoms. The number of aldehydes is 1. The zero-order valence-electron chi connectivity index (χ0n) is 14.7. The lowest BCUT2D eigenvalue weighted by Gasteiger charge is -2.30. The summed E-state index contributed by atoms with van der Waals surface area (Å²) in [5.41, 5.74) is 2.68. The highest BCUT2D eigenvalue weighted by atomic mass is 16.7. The molecular weight excluding hydrogens is 324 g/mol. The van der Waals surface area contributed by atoms with E-state index in [1.807, 2.05) is 12.1 Å². The fourth-order valence-electron chi connectivity index (χ4n) is 3.44. The van der Waals surface area contributed by atoms with Crippen LogP contribution in [-0.4, -0.2) is 38.2 Å². The topological polar surface area (TPSA) is 78.9 Å². The maximum Gasteiger partial charge on any atom is 0.508 e. The number of ether oxygens (including phenoxy) is 3. The Kier molecular flexibility index (Phi) is 6.56. The van der Waals surface area contributed by atoms with Crippen LogP contribution in [0.3, 0.4) is 0 Å². The lowest BCUT2D eigenvalue weighted by Crippen LogP contribution is -2.28. The molecule has 136 valence electrons. The van der Waals surface area contributed by atoms with Crippen molar-refractivity contribution in [2.45, 2.75) is 44.9 Å². The first-order chi connectivity index (χ1) is 12.0. The van der Waals surface area contributed by atoms with Crippen molar-refractivity contribution < 1.29 is 28.6 Å². The zero-order chi connectivity index (χ0) is 18.3. The number of fused-ring (bicyclic) bond motifs is 1. The second kappa shape index (κ2) is 8.65. The highest BCUT2D eigenvalue weighted by Crippen LogP contribution is 2.44. The van der Waals surface area contributed by atoms with Gasteiger partial charge in [-0.1, -0.05) is 12.1 Å². The van der Waals surface area contributed by atoms with Gasteiger partial charge in [0, 0.05) is 17.9 Å². The van der Waals surface area contributed by atoms with E-state index in [4.69, 9.17) is 14.2 Å². The molecule has 0 amide bonds. The molecule has 6 nitrogen and oxygen atoms in total. The summed E-state index contributed by atoms with van der Waals surface area (Å²) in [4.78, 5) is 33.5. The molecule has 0 heterocycles. The molecule has 1 unspecified atom stereocenters. The molecule has 1 aromatic rings. The number of esters is 1. The standard InChI is InChI=1S/C19H24O6/c1-3-23-18(22)25-11-9-19(8-10-24-14(2)21)7-6-16-12-15(13-20)4-5-17(16)19/h4-5,12-13H,3,6-11H2,1-2H3. The molecule has 0 aromatic heterocycles. The van der Waals surface area contributed by atoms with Crippen molar-refractivity contribution in [3.63, 3.8) is 0 Å². The predicted octanol–water partition coefficient (Wildman–Crippen LogP) is 3.20. The van der Waals surface area contributed by atoms with Gasteiger partial charge in [-0.15, -0.1) is 0 Å². The maximum absolute atomic E-state index is 11.4. The van der Waals surface area contributed by atoms with Gasteiger partial charge >= 0.3 is 12.1 Å². The first-order valence-electron chi connectivity index (χ1n) is 8.52. The van der Waals surface area contributed by atoms with Gasteiger partial charge in [0.05, 0.1) is 19.8 Å². The van der Waals surface area contributed by atoms with Crippen LogP contribution in [0.1, 0.15) is 54.6 Å². The summed E-state index contributed by atoms with van der Waals surface area (Å²) < 4.78 is 15.0. The summed E-state index contributed by atoms with van der Waals surface area (Å²) in [6, 6.07) is 5.66. The lowest BCUT2D eigenvalue weighted by molar-refractivity contribution is -0.141. The molecule has 0 N–H and O–H groups in total. The molecule has 0 aliphatic heterocycles. The SMILES string of the molecule is CCOC(=O)OCCC1(CCOC(C)=O)CCc2cc(C=O)ccc21. The van der Waals surface area contributed by atoms with Gasteiger partial charge in [0.15, 0.2) is 0 Å². The van der Waals surface area contributed by atoms with Gasteiger partial charge in [0.2, 0.25) is 0 Å². The molecule has 1 aromatic carbocycles. The zero-order valence-corrected chi connectivity index (χ0v) is 14.7. The Morgan fingerprint density at radius 1 is 1.16 bits per heavy atom. The molecule has 6 heteroatoms. The third-order valence-electron chi connectivity index (χ3n) is 4.66. The number of carbonyl (C=O) groups is 3. The van der Waals surface area contributed by atoms with Crippen LogP contribution in [0, 0.1) is 0 Å². The number of benzene rings is 1. The minimum absolute atomic E-state index is 0.230. The summed E-state index contributed by atoms with van der Waals surface area (Å²) in [6.07, 6.45) is 3.12. The highest BCUT2D eigenvalue weighted by molar-refractivity contribution is 5.75. The smallest absolute Gasteiger partial charge is 0.466 e. The van der Waals surface area contributed by atoms with E-state index in [9.17, 15) is 14.4 Å². The number of hydrogen-bond donors (Lipinski definition) is 0. The molecule has 2 rings (SSSR count). The summed E-state index contributed by atoms with van der Waals surface area (Å²) >= 11 is 0. The van der Waals surface area contributed by atoms with Crippen LogP contribution in [0.4, 0.5) is 4.79 Å². The van der Waals surface area contributed by atoms with Gasteiger partial charge in [0.1, 0.15) is 6.29 Å². The minimum atomic E-state index is -0.674. The van der Waals surface area contributed by atoms with E-state index < -0.39 is 6.16 Å². The first-order valence-corrected chi connectivity index (χ1v) is 8.52. The molecule has 0 fully saturated rings. The quantitative estimate of drug-likeness (QED) is 0.530. The fraction of sp³-hybridized carbons (Fsp3) is 0.526.